The highest BCUT2D eigenvalue weighted by atomic mass is 16.2. The van der Waals surface area contributed by atoms with Crippen LogP contribution in [0.15, 0.2) is 0 Å². The molecule has 0 aromatic rings. The zero-order chi connectivity index (χ0) is 11.0. The summed E-state index contributed by atoms with van der Waals surface area (Å²) in [6, 6.07) is 0.506. The van der Waals surface area contributed by atoms with Gasteiger partial charge in [-0.3, -0.25) is 0 Å². The number of hydrogen-bond donors (Lipinski definition) is 2. The van der Waals surface area contributed by atoms with Crippen LogP contribution < -0.4 is 10.6 Å². The van der Waals surface area contributed by atoms with Crippen molar-refractivity contribution in [1.82, 2.24) is 10.6 Å². The molecule has 0 heterocycles. The van der Waals surface area contributed by atoms with Gasteiger partial charge in [-0.15, -0.1) is 0 Å². The van der Waals surface area contributed by atoms with Crippen molar-refractivity contribution in [3.63, 3.8) is 0 Å². The normalized spacial score (nSPS) is 33.8. The van der Waals surface area contributed by atoms with Gasteiger partial charge in [0.1, 0.15) is 0 Å². The maximum atomic E-state index is 11.6. The molecule has 0 radical (unpaired) electrons. The van der Waals surface area contributed by atoms with Gasteiger partial charge in [0.25, 0.3) is 0 Å². The molecule has 3 heteroatoms. The molecule has 3 aliphatic carbocycles. The van der Waals surface area contributed by atoms with E-state index in [9.17, 15) is 4.79 Å². The number of hydrogen-bond acceptors (Lipinski definition) is 1. The van der Waals surface area contributed by atoms with Crippen LogP contribution in [0.5, 0.6) is 0 Å². The van der Waals surface area contributed by atoms with Gasteiger partial charge in [-0.25, -0.2) is 4.79 Å². The molecule has 0 spiro atoms. The average molecular weight is 222 g/mol. The van der Waals surface area contributed by atoms with E-state index in [1.807, 2.05) is 0 Å². The summed E-state index contributed by atoms with van der Waals surface area (Å²) in [4.78, 5) is 11.6. The van der Waals surface area contributed by atoms with Crippen molar-refractivity contribution < 1.29 is 4.79 Å². The molecule has 0 saturated heterocycles. The van der Waals surface area contributed by atoms with Crippen LogP contribution in [0.25, 0.3) is 0 Å². The second-order valence-electron chi connectivity index (χ2n) is 5.83. The molecule has 2 atom stereocenters. The molecular weight excluding hydrogens is 200 g/mol. The van der Waals surface area contributed by atoms with Gasteiger partial charge in [0.05, 0.1) is 0 Å². The molecule has 0 aliphatic heterocycles. The highest BCUT2D eigenvalue weighted by Crippen LogP contribution is 2.53. The van der Waals surface area contributed by atoms with Crippen LogP contribution >= 0.6 is 0 Å². The Morgan fingerprint density at radius 2 is 1.88 bits per heavy atom. The third kappa shape index (κ3) is 2.50. The van der Waals surface area contributed by atoms with Gasteiger partial charge >= 0.3 is 6.03 Å². The lowest BCUT2D eigenvalue weighted by Crippen LogP contribution is -2.41. The minimum atomic E-state index is 0.0633. The van der Waals surface area contributed by atoms with Gasteiger partial charge in [-0.2, -0.15) is 0 Å². The Hall–Kier alpha value is -0.730. The van der Waals surface area contributed by atoms with E-state index < -0.39 is 0 Å². The van der Waals surface area contributed by atoms with Crippen molar-refractivity contribution in [1.29, 1.82) is 0 Å². The largest absolute Gasteiger partial charge is 0.338 e. The number of amides is 2. The second kappa shape index (κ2) is 4.27. The fraction of sp³-hybridized carbons (Fsp3) is 0.923. The van der Waals surface area contributed by atoms with Crippen LogP contribution in [0.1, 0.15) is 44.9 Å². The summed E-state index contributed by atoms with van der Waals surface area (Å²) in [6.45, 7) is 0.902. The summed E-state index contributed by atoms with van der Waals surface area (Å²) < 4.78 is 0. The molecule has 0 aromatic heterocycles. The quantitative estimate of drug-likeness (QED) is 0.752. The van der Waals surface area contributed by atoms with Crippen molar-refractivity contribution >= 4 is 6.03 Å². The molecule has 90 valence electrons. The third-order valence-corrected chi connectivity index (χ3v) is 4.42. The lowest BCUT2D eigenvalue weighted by atomic mass is 10.2. The molecule has 0 aromatic carbocycles. The molecule has 3 saturated carbocycles. The second-order valence-corrected chi connectivity index (χ2v) is 5.83. The summed E-state index contributed by atoms with van der Waals surface area (Å²) in [5.41, 5.74) is 0. The molecule has 3 fully saturated rings. The maximum absolute atomic E-state index is 11.6. The van der Waals surface area contributed by atoms with Crippen LogP contribution in [0, 0.1) is 17.8 Å². The van der Waals surface area contributed by atoms with Crippen molar-refractivity contribution in [3.8, 4) is 0 Å². The van der Waals surface area contributed by atoms with Gasteiger partial charge in [-0.05, 0) is 49.9 Å². The number of carbonyl (C=O) groups is 1. The molecule has 2 N–H and O–H groups in total. The van der Waals surface area contributed by atoms with Crippen LogP contribution in [-0.4, -0.2) is 18.6 Å². The Labute approximate surface area is 97.4 Å². The van der Waals surface area contributed by atoms with E-state index in [0.717, 1.165) is 24.3 Å². The Bertz CT molecular complexity index is 269. The Balaban J connectivity index is 1.31. The van der Waals surface area contributed by atoms with Crippen LogP contribution in [0.2, 0.25) is 0 Å². The predicted octanol–water partition coefficient (Wildman–Crippen LogP) is 2.27. The molecule has 0 bridgehead atoms. The highest BCUT2D eigenvalue weighted by Gasteiger charge is 2.47. The molecule has 3 aliphatic rings. The van der Waals surface area contributed by atoms with Crippen molar-refractivity contribution in [2.75, 3.05) is 6.54 Å². The van der Waals surface area contributed by atoms with Crippen LogP contribution in [-0.2, 0) is 0 Å². The first-order chi connectivity index (χ1) is 7.83. The predicted molar refractivity (Wildman–Crippen MR) is 63.1 cm³/mol. The Kier molecular flexibility index (Phi) is 2.78. The van der Waals surface area contributed by atoms with Crippen molar-refractivity contribution in [3.05, 3.63) is 0 Å². The van der Waals surface area contributed by atoms with Crippen LogP contribution in [0.3, 0.4) is 0 Å². The molecule has 3 nitrogen and oxygen atoms in total. The van der Waals surface area contributed by atoms with Gasteiger partial charge < -0.3 is 10.6 Å². The monoisotopic (exact) mass is 222 g/mol. The number of nitrogens with one attached hydrogen (secondary N) is 2. The molecule has 0 unspecified atom stereocenters. The lowest BCUT2D eigenvalue weighted by Gasteiger charge is -2.12. The van der Waals surface area contributed by atoms with Crippen molar-refractivity contribution in [2.24, 2.45) is 17.8 Å². The summed E-state index contributed by atoms with van der Waals surface area (Å²) in [5.74, 6) is 2.76. The zero-order valence-electron chi connectivity index (χ0n) is 9.87. The van der Waals surface area contributed by atoms with Crippen molar-refractivity contribution in [2.45, 2.75) is 51.0 Å². The number of urea groups is 1. The van der Waals surface area contributed by atoms with Gasteiger partial charge in [0.15, 0.2) is 0 Å². The molecule has 2 amide bonds. The first-order valence-electron chi connectivity index (χ1n) is 6.87. The maximum Gasteiger partial charge on any atom is 0.315 e. The topological polar surface area (TPSA) is 41.1 Å². The fourth-order valence-electron chi connectivity index (χ4n) is 3.14. The number of rotatable bonds is 4. The van der Waals surface area contributed by atoms with E-state index in [0.29, 0.717) is 6.04 Å². The third-order valence-electron chi connectivity index (χ3n) is 4.42. The molecular formula is C13H22N2O. The molecule has 3 rings (SSSR count). The average Bonchev–Trinajstić information content (AvgIpc) is 3.15. The summed E-state index contributed by atoms with van der Waals surface area (Å²) in [7, 11) is 0. The summed E-state index contributed by atoms with van der Waals surface area (Å²) in [6.07, 6.45) is 9.12. The lowest BCUT2D eigenvalue weighted by molar-refractivity contribution is 0.236. The minimum Gasteiger partial charge on any atom is -0.338 e. The molecule has 16 heavy (non-hydrogen) atoms. The van der Waals surface area contributed by atoms with Crippen LogP contribution in [0.4, 0.5) is 4.79 Å². The van der Waals surface area contributed by atoms with E-state index in [-0.39, 0.29) is 6.03 Å². The van der Waals surface area contributed by atoms with E-state index in [4.69, 9.17) is 0 Å². The van der Waals surface area contributed by atoms with E-state index >= 15 is 0 Å². The summed E-state index contributed by atoms with van der Waals surface area (Å²) >= 11 is 0. The number of carbonyl (C=O) groups excluding carboxylic acids is 1. The highest BCUT2D eigenvalue weighted by molar-refractivity contribution is 5.74. The van der Waals surface area contributed by atoms with Gasteiger partial charge in [0, 0.05) is 12.6 Å². The zero-order valence-corrected chi connectivity index (χ0v) is 9.87. The van der Waals surface area contributed by atoms with Gasteiger partial charge in [-0.1, -0.05) is 12.8 Å². The standard InChI is InChI=1S/C13H22N2O/c16-13(15-11-3-1-2-4-11)14-8-10-7-12(10)9-5-6-9/h9-12H,1-8H2,(H2,14,15,16)/t10-,12-/m0/s1. The van der Waals surface area contributed by atoms with E-state index in [1.165, 1.54) is 44.9 Å². The Morgan fingerprint density at radius 3 is 2.56 bits per heavy atom. The smallest absolute Gasteiger partial charge is 0.315 e. The first-order valence-corrected chi connectivity index (χ1v) is 6.87. The SMILES string of the molecule is O=C(NC[C@@H]1C[C@H]1C1CC1)NC1CCCC1. The summed E-state index contributed by atoms with van der Waals surface area (Å²) in [5, 5.41) is 6.11. The van der Waals surface area contributed by atoms with E-state index in [2.05, 4.69) is 10.6 Å². The van der Waals surface area contributed by atoms with Gasteiger partial charge in [0.2, 0.25) is 0 Å². The Morgan fingerprint density at radius 1 is 1.12 bits per heavy atom. The first kappa shape index (κ1) is 10.4. The van der Waals surface area contributed by atoms with E-state index in [1.54, 1.807) is 0 Å². The fourth-order valence-corrected chi connectivity index (χ4v) is 3.14. The minimum absolute atomic E-state index is 0.0633.